The van der Waals surface area contributed by atoms with Crippen LogP contribution in [0.1, 0.15) is 49.5 Å². The molecule has 3 rings (SSSR count). The van der Waals surface area contributed by atoms with E-state index in [0.717, 1.165) is 11.1 Å². The van der Waals surface area contributed by atoms with Crippen molar-refractivity contribution in [3.63, 3.8) is 0 Å². The monoisotopic (exact) mass is 500 g/mol. The molecule has 0 radical (unpaired) electrons. The van der Waals surface area contributed by atoms with Crippen molar-refractivity contribution < 1.29 is 28.2 Å². The van der Waals surface area contributed by atoms with Crippen molar-refractivity contribution >= 4 is 17.9 Å². The maximum absolute atomic E-state index is 14.1. The van der Waals surface area contributed by atoms with Crippen LogP contribution in [0.4, 0.5) is 9.18 Å². The summed E-state index contributed by atoms with van der Waals surface area (Å²) in [5, 5.41) is 5.53. The minimum atomic E-state index is -1.18. The van der Waals surface area contributed by atoms with E-state index in [1.807, 2.05) is 12.1 Å². The van der Waals surface area contributed by atoms with Crippen LogP contribution in [0.2, 0.25) is 0 Å². The van der Waals surface area contributed by atoms with E-state index in [0.29, 0.717) is 38.0 Å². The third-order valence-electron chi connectivity index (χ3n) is 5.82. The van der Waals surface area contributed by atoms with Crippen LogP contribution in [0.3, 0.4) is 0 Å². The maximum Gasteiger partial charge on any atom is 0.408 e. The Balaban J connectivity index is 1.64. The second kappa shape index (κ2) is 11.0. The molecule has 0 aromatic heterocycles. The summed E-state index contributed by atoms with van der Waals surface area (Å²) in [6.07, 6.45) is -0.463. The van der Waals surface area contributed by atoms with E-state index in [-0.39, 0.29) is 5.56 Å². The number of hydrogen-bond acceptors (Lipinski definition) is 6. The predicted octanol–water partition coefficient (Wildman–Crippen LogP) is 2.61. The highest BCUT2D eigenvalue weighted by atomic mass is 19.1. The molecule has 194 valence electrons. The molecular weight excluding hydrogens is 467 g/mol. The number of carbonyl (C=O) groups is 3. The minimum absolute atomic E-state index is 0.166. The molecule has 0 saturated carbocycles. The zero-order valence-electron chi connectivity index (χ0n) is 20.7. The van der Waals surface area contributed by atoms with E-state index in [9.17, 15) is 18.8 Å². The predicted molar refractivity (Wildman–Crippen MR) is 132 cm³/mol. The molecule has 0 spiro atoms. The molecule has 6 N–H and O–H groups in total. The summed E-state index contributed by atoms with van der Waals surface area (Å²) in [4.78, 5) is 36.8. The number of ether oxygens (including phenoxy) is 2. The fourth-order valence-corrected chi connectivity index (χ4v) is 3.97. The minimum Gasteiger partial charge on any atom is -0.444 e. The first-order chi connectivity index (χ1) is 16.9. The van der Waals surface area contributed by atoms with Gasteiger partial charge >= 0.3 is 6.09 Å². The van der Waals surface area contributed by atoms with Crippen LogP contribution >= 0.6 is 0 Å². The van der Waals surface area contributed by atoms with Gasteiger partial charge in [0.2, 0.25) is 5.91 Å². The number of amides is 3. The molecule has 1 saturated heterocycles. The number of primary amides is 1. The lowest BCUT2D eigenvalue weighted by molar-refractivity contribution is -0.132. The van der Waals surface area contributed by atoms with E-state index < -0.39 is 41.0 Å². The van der Waals surface area contributed by atoms with Crippen molar-refractivity contribution in [1.29, 1.82) is 0 Å². The highest BCUT2D eigenvalue weighted by Gasteiger charge is 2.43. The summed E-state index contributed by atoms with van der Waals surface area (Å²) >= 11 is 0. The highest BCUT2D eigenvalue weighted by molar-refractivity contribution is 5.93. The zero-order chi connectivity index (χ0) is 26.5. The van der Waals surface area contributed by atoms with Crippen molar-refractivity contribution in [2.24, 2.45) is 11.5 Å². The van der Waals surface area contributed by atoms with Gasteiger partial charge in [0, 0.05) is 32.5 Å². The summed E-state index contributed by atoms with van der Waals surface area (Å²) in [5.41, 5.74) is 11.5. The lowest BCUT2D eigenvalue weighted by Crippen LogP contribution is -2.64. The molecule has 2 aromatic carbocycles. The number of carbonyl (C=O) groups excluding carboxylic acids is 3. The van der Waals surface area contributed by atoms with E-state index >= 15 is 0 Å². The van der Waals surface area contributed by atoms with Gasteiger partial charge in [0.25, 0.3) is 5.91 Å². The summed E-state index contributed by atoms with van der Waals surface area (Å²) < 4.78 is 24.8. The Morgan fingerprint density at radius 2 is 1.69 bits per heavy atom. The third kappa shape index (κ3) is 7.02. The van der Waals surface area contributed by atoms with Gasteiger partial charge in [-0.3, -0.25) is 9.59 Å². The molecule has 0 aliphatic carbocycles. The number of alkyl carbamates (subject to hydrolysis) is 1. The Labute approximate surface area is 209 Å². The van der Waals surface area contributed by atoms with Crippen LogP contribution in [-0.4, -0.2) is 48.4 Å². The van der Waals surface area contributed by atoms with Gasteiger partial charge in [0.1, 0.15) is 17.0 Å². The first-order valence-corrected chi connectivity index (χ1v) is 11.7. The van der Waals surface area contributed by atoms with Gasteiger partial charge in [0.15, 0.2) is 0 Å². The van der Waals surface area contributed by atoms with E-state index in [1.165, 1.54) is 12.1 Å². The van der Waals surface area contributed by atoms with Gasteiger partial charge in [-0.25, -0.2) is 9.18 Å². The summed E-state index contributed by atoms with van der Waals surface area (Å²) in [7, 11) is 0. The van der Waals surface area contributed by atoms with Gasteiger partial charge in [-0.05, 0) is 49.6 Å². The molecular formula is C26H33FN4O5. The van der Waals surface area contributed by atoms with Crippen LogP contribution in [0.25, 0.3) is 11.1 Å². The molecule has 1 heterocycles. The Bertz CT molecular complexity index is 1110. The lowest BCUT2D eigenvalue weighted by Gasteiger charge is -2.37. The molecule has 36 heavy (non-hydrogen) atoms. The summed E-state index contributed by atoms with van der Waals surface area (Å²) in [6.45, 7) is 5.88. The summed E-state index contributed by atoms with van der Waals surface area (Å²) in [5.74, 6) is -1.91. The Hall–Kier alpha value is -3.50. The summed E-state index contributed by atoms with van der Waals surface area (Å²) in [6, 6.07) is 11.5. The second-order valence-electron chi connectivity index (χ2n) is 9.86. The SMILES string of the molecule is CC(C)(C)OC(=O)NC1(C(=O)N[C@H](N)Cc2ccc(-c3ccc(C(N)=O)c(F)c3)cc2)CCOCC1. The smallest absolute Gasteiger partial charge is 0.408 e. The van der Waals surface area contributed by atoms with E-state index in [2.05, 4.69) is 10.6 Å². The number of nitrogens with two attached hydrogens (primary N) is 2. The third-order valence-corrected chi connectivity index (χ3v) is 5.82. The van der Waals surface area contributed by atoms with Crippen molar-refractivity contribution in [2.45, 2.75) is 57.3 Å². The fourth-order valence-electron chi connectivity index (χ4n) is 3.97. The van der Waals surface area contributed by atoms with Crippen LogP contribution in [0, 0.1) is 5.82 Å². The Morgan fingerprint density at radius 3 is 2.25 bits per heavy atom. The van der Waals surface area contributed by atoms with Crippen LogP contribution in [-0.2, 0) is 20.7 Å². The quantitative estimate of drug-likeness (QED) is 0.430. The van der Waals surface area contributed by atoms with Crippen LogP contribution in [0.15, 0.2) is 42.5 Å². The molecule has 1 aliphatic rings. The molecule has 9 nitrogen and oxygen atoms in total. The Morgan fingerprint density at radius 1 is 1.08 bits per heavy atom. The molecule has 10 heteroatoms. The van der Waals surface area contributed by atoms with E-state index in [4.69, 9.17) is 20.9 Å². The fraction of sp³-hybridized carbons (Fsp3) is 0.423. The number of benzene rings is 2. The maximum atomic E-state index is 14.1. The topological polar surface area (TPSA) is 146 Å². The van der Waals surface area contributed by atoms with Gasteiger partial charge in [-0.15, -0.1) is 0 Å². The molecule has 1 aliphatic heterocycles. The van der Waals surface area contributed by atoms with Crippen LogP contribution in [0.5, 0.6) is 0 Å². The van der Waals surface area contributed by atoms with Gasteiger partial charge in [-0.2, -0.15) is 0 Å². The largest absolute Gasteiger partial charge is 0.444 e. The Kier molecular flexibility index (Phi) is 8.31. The average molecular weight is 501 g/mol. The highest BCUT2D eigenvalue weighted by Crippen LogP contribution is 2.24. The first kappa shape index (κ1) is 27.1. The number of hydrogen-bond donors (Lipinski definition) is 4. The molecule has 0 bridgehead atoms. The number of nitrogens with one attached hydrogen (secondary N) is 2. The van der Waals surface area contributed by atoms with Gasteiger partial charge in [0.05, 0.1) is 11.7 Å². The average Bonchev–Trinajstić information content (AvgIpc) is 2.78. The lowest BCUT2D eigenvalue weighted by atomic mass is 9.88. The van der Waals surface area contributed by atoms with Crippen molar-refractivity contribution in [3.8, 4) is 11.1 Å². The zero-order valence-corrected chi connectivity index (χ0v) is 20.7. The molecule has 0 unspecified atom stereocenters. The molecule has 2 aromatic rings. The number of halogens is 1. The first-order valence-electron chi connectivity index (χ1n) is 11.7. The molecule has 1 atom stereocenters. The van der Waals surface area contributed by atoms with Crippen molar-refractivity contribution in [1.82, 2.24) is 10.6 Å². The number of rotatable bonds is 7. The van der Waals surface area contributed by atoms with Gasteiger partial charge < -0.3 is 31.6 Å². The second-order valence-corrected chi connectivity index (χ2v) is 9.86. The standard InChI is InChI=1S/C26H33FN4O5/c1-25(2,3)36-24(34)31-26(10-12-35-13-11-26)23(33)30-21(28)14-16-4-6-17(7-5-16)18-8-9-19(22(29)32)20(27)15-18/h4-9,15,21H,10-14,28H2,1-3H3,(H2,29,32)(H,30,33)(H,31,34)/t21-/m0/s1. The van der Waals surface area contributed by atoms with Crippen molar-refractivity contribution in [2.75, 3.05) is 13.2 Å². The normalized spacial score (nSPS) is 16.0. The van der Waals surface area contributed by atoms with Crippen LogP contribution < -0.4 is 22.1 Å². The molecule has 3 amide bonds. The van der Waals surface area contributed by atoms with Gasteiger partial charge in [-0.1, -0.05) is 30.3 Å². The molecule has 1 fully saturated rings. The van der Waals surface area contributed by atoms with Crippen molar-refractivity contribution in [3.05, 3.63) is 59.4 Å². The van der Waals surface area contributed by atoms with E-state index in [1.54, 1.807) is 39.0 Å².